The molecule has 0 aromatic carbocycles. The van der Waals surface area contributed by atoms with Gasteiger partial charge >= 0.3 is 10.2 Å². The Morgan fingerprint density at radius 1 is 1.42 bits per heavy atom. The minimum atomic E-state index is -4.29. The number of hydrogen-bond acceptors (Lipinski definition) is 3. The first kappa shape index (κ1) is 12.1. The van der Waals surface area contributed by atoms with Gasteiger partial charge in [-0.1, -0.05) is 0 Å². The summed E-state index contributed by atoms with van der Waals surface area (Å²) in [6, 6.07) is 0.0711. The minimum Gasteiger partial charge on any atom is -0.328 e. The summed E-state index contributed by atoms with van der Waals surface area (Å²) in [5.74, 6) is -0.402. The van der Waals surface area contributed by atoms with Gasteiger partial charge in [0.25, 0.3) is 0 Å². The standard InChI is InChI=1S/C6H12FNO2S.ClH/c7-11(9,10)4-5-1-2-6(8)3-5;/h5-6H,1-4,8H2;1H. The second-order valence-corrected chi connectivity index (χ2v) is 4.56. The summed E-state index contributed by atoms with van der Waals surface area (Å²) in [6.45, 7) is 0. The van der Waals surface area contributed by atoms with E-state index in [0.29, 0.717) is 6.42 Å². The number of rotatable bonds is 2. The van der Waals surface area contributed by atoms with Crippen LogP contribution in [0.4, 0.5) is 3.89 Å². The highest BCUT2D eigenvalue weighted by Crippen LogP contribution is 2.25. The third-order valence-corrected chi connectivity index (χ3v) is 2.89. The van der Waals surface area contributed by atoms with Gasteiger partial charge in [0, 0.05) is 6.04 Å². The summed E-state index contributed by atoms with van der Waals surface area (Å²) in [4.78, 5) is 0. The molecule has 6 heteroatoms. The highest BCUT2D eigenvalue weighted by atomic mass is 35.5. The van der Waals surface area contributed by atoms with Crippen LogP contribution >= 0.6 is 12.4 Å². The second kappa shape index (κ2) is 4.39. The van der Waals surface area contributed by atoms with Gasteiger partial charge < -0.3 is 5.73 Å². The Morgan fingerprint density at radius 2 is 2.00 bits per heavy atom. The van der Waals surface area contributed by atoms with E-state index in [1.54, 1.807) is 0 Å². The SMILES string of the molecule is Cl.NC1CCC(CS(=O)(=O)F)C1. The van der Waals surface area contributed by atoms with Crippen LogP contribution in [0.5, 0.6) is 0 Å². The van der Waals surface area contributed by atoms with E-state index in [4.69, 9.17) is 5.73 Å². The van der Waals surface area contributed by atoms with Crippen molar-refractivity contribution in [2.45, 2.75) is 25.3 Å². The lowest BCUT2D eigenvalue weighted by Crippen LogP contribution is -2.16. The van der Waals surface area contributed by atoms with Crippen LogP contribution in [-0.2, 0) is 10.2 Å². The molecule has 1 fully saturated rings. The molecule has 0 aromatic heterocycles. The zero-order chi connectivity index (χ0) is 8.48. The van der Waals surface area contributed by atoms with Crippen LogP contribution in [0.1, 0.15) is 19.3 Å². The zero-order valence-corrected chi connectivity index (χ0v) is 8.20. The Balaban J connectivity index is 0.00000121. The van der Waals surface area contributed by atoms with Gasteiger partial charge in [-0.05, 0) is 25.2 Å². The number of hydrogen-bond donors (Lipinski definition) is 1. The maximum atomic E-state index is 12.1. The fourth-order valence-corrected chi connectivity index (χ4v) is 2.41. The van der Waals surface area contributed by atoms with Crippen LogP contribution in [0.25, 0.3) is 0 Å². The quantitative estimate of drug-likeness (QED) is 0.698. The summed E-state index contributed by atoms with van der Waals surface area (Å²) < 4.78 is 32.5. The summed E-state index contributed by atoms with van der Waals surface area (Å²) in [6.07, 6.45) is 2.20. The van der Waals surface area contributed by atoms with Gasteiger partial charge in [-0.15, -0.1) is 16.3 Å². The molecule has 2 unspecified atom stereocenters. The van der Waals surface area contributed by atoms with Crippen molar-refractivity contribution in [1.29, 1.82) is 0 Å². The summed E-state index contributed by atoms with van der Waals surface area (Å²) in [7, 11) is -4.29. The third-order valence-electron chi connectivity index (χ3n) is 2.02. The van der Waals surface area contributed by atoms with E-state index < -0.39 is 10.2 Å². The van der Waals surface area contributed by atoms with E-state index in [2.05, 4.69) is 0 Å². The van der Waals surface area contributed by atoms with E-state index in [-0.39, 0.29) is 30.1 Å². The fraction of sp³-hybridized carbons (Fsp3) is 1.00. The first-order valence-electron chi connectivity index (χ1n) is 3.65. The van der Waals surface area contributed by atoms with Crippen LogP contribution in [-0.4, -0.2) is 20.2 Å². The third kappa shape index (κ3) is 4.23. The molecule has 0 heterocycles. The average molecular weight is 218 g/mol. The molecule has 0 amide bonds. The van der Waals surface area contributed by atoms with Crippen LogP contribution in [0.3, 0.4) is 0 Å². The molecule has 0 bridgehead atoms. The molecule has 0 aromatic rings. The molecule has 2 N–H and O–H groups in total. The van der Waals surface area contributed by atoms with Crippen molar-refractivity contribution < 1.29 is 12.3 Å². The van der Waals surface area contributed by atoms with Crippen molar-refractivity contribution in [3.63, 3.8) is 0 Å². The van der Waals surface area contributed by atoms with E-state index in [0.717, 1.165) is 12.8 Å². The van der Waals surface area contributed by atoms with Gasteiger partial charge in [0.2, 0.25) is 0 Å². The van der Waals surface area contributed by atoms with Crippen LogP contribution < -0.4 is 5.73 Å². The van der Waals surface area contributed by atoms with Gasteiger partial charge in [-0.3, -0.25) is 0 Å². The summed E-state index contributed by atoms with van der Waals surface area (Å²) in [5.41, 5.74) is 5.53. The highest BCUT2D eigenvalue weighted by molar-refractivity contribution is 7.86. The Bertz CT molecular complexity index is 232. The molecule has 12 heavy (non-hydrogen) atoms. The minimum absolute atomic E-state index is 0. The Morgan fingerprint density at radius 3 is 2.33 bits per heavy atom. The smallest absolute Gasteiger partial charge is 0.302 e. The maximum Gasteiger partial charge on any atom is 0.302 e. The van der Waals surface area contributed by atoms with Crippen molar-refractivity contribution in [3.8, 4) is 0 Å². The lowest BCUT2D eigenvalue weighted by molar-refractivity contribution is 0.520. The zero-order valence-electron chi connectivity index (χ0n) is 6.57. The average Bonchev–Trinajstić information content (AvgIpc) is 2.10. The predicted molar refractivity (Wildman–Crippen MR) is 47.5 cm³/mol. The predicted octanol–water partition coefficient (Wildman–Crippen LogP) is 0.835. The van der Waals surface area contributed by atoms with Gasteiger partial charge in [0.15, 0.2) is 0 Å². The molecule has 2 atom stereocenters. The molecule has 0 aliphatic heterocycles. The highest BCUT2D eigenvalue weighted by Gasteiger charge is 2.26. The number of halogens is 2. The molecular formula is C6H13ClFNO2S. The molecule has 0 radical (unpaired) electrons. The van der Waals surface area contributed by atoms with E-state index in [1.165, 1.54) is 0 Å². The van der Waals surface area contributed by atoms with Gasteiger partial charge in [-0.2, -0.15) is 8.42 Å². The van der Waals surface area contributed by atoms with E-state index >= 15 is 0 Å². The topological polar surface area (TPSA) is 60.2 Å². The van der Waals surface area contributed by atoms with Crippen molar-refractivity contribution in [2.75, 3.05) is 5.75 Å². The van der Waals surface area contributed by atoms with Crippen LogP contribution in [0, 0.1) is 5.92 Å². The normalized spacial score (nSPS) is 29.8. The Kier molecular flexibility index (Phi) is 4.44. The van der Waals surface area contributed by atoms with Gasteiger partial charge in [0.05, 0.1) is 5.75 Å². The Labute approximate surface area is 78.1 Å². The molecule has 1 aliphatic rings. The molecule has 1 saturated carbocycles. The van der Waals surface area contributed by atoms with Gasteiger partial charge in [-0.25, -0.2) is 0 Å². The van der Waals surface area contributed by atoms with Crippen LogP contribution in [0.15, 0.2) is 0 Å². The second-order valence-electron chi connectivity index (χ2n) is 3.14. The lowest BCUT2D eigenvalue weighted by Gasteiger charge is -2.03. The van der Waals surface area contributed by atoms with Gasteiger partial charge in [0.1, 0.15) is 0 Å². The number of nitrogens with two attached hydrogens (primary N) is 1. The molecule has 0 saturated heterocycles. The van der Waals surface area contributed by atoms with Crippen LogP contribution in [0.2, 0.25) is 0 Å². The van der Waals surface area contributed by atoms with Crippen molar-refractivity contribution in [3.05, 3.63) is 0 Å². The van der Waals surface area contributed by atoms with Crippen molar-refractivity contribution in [2.24, 2.45) is 11.7 Å². The monoisotopic (exact) mass is 217 g/mol. The summed E-state index contributed by atoms with van der Waals surface area (Å²) >= 11 is 0. The van der Waals surface area contributed by atoms with E-state index in [1.807, 2.05) is 0 Å². The largest absolute Gasteiger partial charge is 0.328 e. The molecule has 1 rings (SSSR count). The summed E-state index contributed by atoms with van der Waals surface area (Å²) in [5, 5.41) is 0. The molecule has 0 spiro atoms. The van der Waals surface area contributed by atoms with Crippen molar-refractivity contribution in [1.82, 2.24) is 0 Å². The first-order valence-corrected chi connectivity index (χ1v) is 5.20. The first-order chi connectivity index (χ1) is 4.97. The molecule has 1 aliphatic carbocycles. The fourth-order valence-electron chi connectivity index (χ4n) is 1.55. The molecule has 74 valence electrons. The molecular weight excluding hydrogens is 205 g/mol. The Hall–Kier alpha value is 0.130. The van der Waals surface area contributed by atoms with Crippen molar-refractivity contribution >= 4 is 22.6 Å². The maximum absolute atomic E-state index is 12.1. The van der Waals surface area contributed by atoms with E-state index in [9.17, 15) is 12.3 Å². The lowest BCUT2D eigenvalue weighted by atomic mass is 10.1. The molecule has 3 nitrogen and oxygen atoms in total.